The number of hydrogen-bond acceptors (Lipinski definition) is 4. The van der Waals surface area contributed by atoms with Gasteiger partial charge in [0.2, 0.25) is 0 Å². The molecule has 0 aliphatic heterocycles. The van der Waals surface area contributed by atoms with E-state index in [1.807, 2.05) is 6.07 Å². The number of H-pyrrole nitrogens is 1. The Morgan fingerprint density at radius 3 is 2.86 bits per heavy atom. The molecule has 4 aromatic rings. The lowest BCUT2D eigenvalue weighted by molar-refractivity contribution is 1.19. The van der Waals surface area contributed by atoms with E-state index in [0.717, 1.165) is 33.2 Å². The lowest BCUT2D eigenvalue weighted by Crippen LogP contribution is -1.84. The molecule has 0 saturated carbocycles. The summed E-state index contributed by atoms with van der Waals surface area (Å²) in [5.74, 6) is 0. The van der Waals surface area contributed by atoms with E-state index >= 15 is 0 Å². The van der Waals surface area contributed by atoms with Crippen molar-refractivity contribution in [3.63, 3.8) is 0 Å². The van der Waals surface area contributed by atoms with Gasteiger partial charge in [-0.15, -0.1) is 11.3 Å². The fourth-order valence-electron chi connectivity index (χ4n) is 2.52. The molecule has 1 N–H and O–H groups in total. The summed E-state index contributed by atoms with van der Waals surface area (Å²) in [4.78, 5) is 16.5. The number of rotatable bonds is 2. The second kappa shape index (κ2) is 4.79. The smallest absolute Gasteiger partial charge is 0.144 e. The second-order valence-corrected chi connectivity index (χ2v) is 5.66. The highest BCUT2D eigenvalue weighted by atomic mass is 32.1. The van der Waals surface area contributed by atoms with Crippen molar-refractivity contribution in [2.45, 2.75) is 6.92 Å². The molecule has 0 radical (unpaired) electrons. The number of aromatic nitrogens is 4. The topological polar surface area (TPSA) is 54.5 Å². The zero-order valence-electron chi connectivity index (χ0n) is 11.4. The lowest BCUT2D eigenvalue weighted by Gasteiger charge is -1.97. The highest BCUT2D eigenvalue weighted by Crippen LogP contribution is 2.34. The Morgan fingerprint density at radius 1 is 1.10 bits per heavy atom. The Hall–Kier alpha value is -2.53. The van der Waals surface area contributed by atoms with Crippen LogP contribution in [0, 0.1) is 6.92 Å². The fourth-order valence-corrected chi connectivity index (χ4v) is 3.29. The first-order valence-corrected chi connectivity index (χ1v) is 7.50. The van der Waals surface area contributed by atoms with Crippen molar-refractivity contribution >= 4 is 22.2 Å². The van der Waals surface area contributed by atoms with Crippen molar-refractivity contribution in [1.29, 1.82) is 0 Å². The van der Waals surface area contributed by atoms with Gasteiger partial charge in [0, 0.05) is 39.9 Å². The molecule has 21 heavy (non-hydrogen) atoms. The standard InChI is InChI=1S/C16H12N4S/c1-10-15(11-4-2-3-5-12(11)19-10)14-9-21-16(20-14)13-8-17-6-7-18-13/h2-9,19H,1H3. The Labute approximate surface area is 125 Å². The predicted molar refractivity (Wildman–Crippen MR) is 85.2 cm³/mol. The first-order valence-electron chi connectivity index (χ1n) is 6.62. The molecule has 0 bridgehead atoms. The van der Waals surface area contributed by atoms with E-state index < -0.39 is 0 Å². The Balaban J connectivity index is 1.87. The third-order valence-corrected chi connectivity index (χ3v) is 4.30. The van der Waals surface area contributed by atoms with Crippen molar-refractivity contribution in [3.8, 4) is 22.0 Å². The number of thiazole rings is 1. The number of para-hydroxylation sites is 1. The van der Waals surface area contributed by atoms with Gasteiger partial charge in [-0.25, -0.2) is 4.98 Å². The van der Waals surface area contributed by atoms with Crippen molar-refractivity contribution in [2.24, 2.45) is 0 Å². The summed E-state index contributed by atoms with van der Waals surface area (Å²) in [6.07, 6.45) is 5.10. The average molecular weight is 292 g/mol. The second-order valence-electron chi connectivity index (χ2n) is 4.80. The number of nitrogens with zero attached hydrogens (tertiary/aromatic N) is 3. The largest absolute Gasteiger partial charge is 0.358 e. The number of nitrogens with one attached hydrogen (secondary N) is 1. The minimum atomic E-state index is 0.811. The number of fused-ring (bicyclic) bond motifs is 1. The maximum Gasteiger partial charge on any atom is 0.144 e. The summed E-state index contributed by atoms with van der Waals surface area (Å²) in [7, 11) is 0. The Kier molecular flexibility index (Phi) is 2.79. The Morgan fingerprint density at radius 2 is 2.00 bits per heavy atom. The molecule has 0 spiro atoms. The van der Waals surface area contributed by atoms with Gasteiger partial charge in [0.25, 0.3) is 0 Å². The monoisotopic (exact) mass is 292 g/mol. The van der Waals surface area contributed by atoms with Gasteiger partial charge in [-0.3, -0.25) is 9.97 Å². The molecule has 102 valence electrons. The highest BCUT2D eigenvalue weighted by molar-refractivity contribution is 7.13. The summed E-state index contributed by atoms with van der Waals surface area (Å²) in [5.41, 5.74) is 5.23. The van der Waals surface area contributed by atoms with E-state index in [2.05, 4.69) is 45.5 Å². The van der Waals surface area contributed by atoms with Crippen molar-refractivity contribution < 1.29 is 0 Å². The molecule has 1 aromatic carbocycles. The van der Waals surface area contributed by atoms with Gasteiger partial charge in [0.15, 0.2) is 0 Å². The van der Waals surface area contributed by atoms with Crippen LogP contribution < -0.4 is 0 Å². The van der Waals surface area contributed by atoms with Crippen LogP contribution in [0.2, 0.25) is 0 Å². The third kappa shape index (κ3) is 2.02. The van der Waals surface area contributed by atoms with Crippen molar-refractivity contribution in [1.82, 2.24) is 19.9 Å². The van der Waals surface area contributed by atoms with Crippen LogP contribution in [0.3, 0.4) is 0 Å². The number of aryl methyl sites for hydroxylation is 1. The minimum absolute atomic E-state index is 0.811. The van der Waals surface area contributed by atoms with Gasteiger partial charge in [-0.2, -0.15) is 0 Å². The molecule has 3 aromatic heterocycles. The molecular formula is C16H12N4S. The van der Waals surface area contributed by atoms with Crippen molar-refractivity contribution in [2.75, 3.05) is 0 Å². The van der Waals surface area contributed by atoms with E-state index in [0.29, 0.717) is 0 Å². The first kappa shape index (κ1) is 12.2. The molecule has 0 fully saturated rings. The summed E-state index contributed by atoms with van der Waals surface area (Å²) in [6, 6.07) is 8.29. The van der Waals surface area contributed by atoms with Gasteiger partial charge in [0.1, 0.15) is 10.7 Å². The van der Waals surface area contributed by atoms with Crippen LogP contribution in [0.25, 0.3) is 32.9 Å². The van der Waals surface area contributed by atoms with E-state index in [-0.39, 0.29) is 0 Å². The zero-order chi connectivity index (χ0) is 14.2. The molecule has 4 nitrogen and oxygen atoms in total. The van der Waals surface area contributed by atoms with Gasteiger partial charge in [0.05, 0.1) is 11.9 Å². The van der Waals surface area contributed by atoms with Crippen LogP contribution in [-0.2, 0) is 0 Å². The SMILES string of the molecule is Cc1[nH]c2ccccc2c1-c1csc(-c2cnccn2)n1. The van der Waals surface area contributed by atoms with E-state index in [9.17, 15) is 0 Å². The number of benzene rings is 1. The maximum absolute atomic E-state index is 4.73. The fraction of sp³-hybridized carbons (Fsp3) is 0.0625. The first-order chi connectivity index (χ1) is 10.3. The molecule has 0 unspecified atom stereocenters. The van der Waals surface area contributed by atoms with Crippen LogP contribution in [0.15, 0.2) is 48.2 Å². The Bertz CT molecular complexity index is 908. The van der Waals surface area contributed by atoms with Crippen molar-refractivity contribution in [3.05, 3.63) is 53.9 Å². The quantitative estimate of drug-likeness (QED) is 0.606. The van der Waals surface area contributed by atoms with Crippen LogP contribution in [0.1, 0.15) is 5.69 Å². The number of hydrogen-bond donors (Lipinski definition) is 1. The van der Waals surface area contributed by atoms with Crippen LogP contribution in [0.4, 0.5) is 0 Å². The molecule has 0 aliphatic rings. The molecule has 0 amide bonds. The maximum atomic E-state index is 4.73. The summed E-state index contributed by atoms with van der Waals surface area (Å²) >= 11 is 1.59. The normalized spacial score (nSPS) is 11.1. The zero-order valence-corrected chi connectivity index (χ0v) is 12.2. The molecule has 3 heterocycles. The average Bonchev–Trinajstić information content (AvgIpc) is 3.11. The van der Waals surface area contributed by atoms with Crippen LogP contribution >= 0.6 is 11.3 Å². The highest BCUT2D eigenvalue weighted by Gasteiger charge is 2.14. The molecule has 0 aliphatic carbocycles. The van der Waals surface area contributed by atoms with E-state index in [1.165, 1.54) is 5.39 Å². The minimum Gasteiger partial charge on any atom is -0.358 e. The van der Waals surface area contributed by atoms with Gasteiger partial charge < -0.3 is 4.98 Å². The summed E-state index contributed by atoms with van der Waals surface area (Å²) in [6.45, 7) is 2.08. The third-order valence-electron chi connectivity index (χ3n) is 3.44. The summed E-state index contributed by atoms with van der Waals surface area (Å²) in [5, 5.41) is 4.17. The predicted octanol–water partition coefficient (Wildman–Crippen LogP) is 4.06. The van der Waals surface area contributed by atoms with Gasteiger partial charge in [-0.1, -0.05) is 18.2 Å². The number of aromatic amines is 1. The summed E-state index contributed by atoms with van der Waals surface area (Å²) < 4.78 is 0. The van der Waals surface area contributed by atoms with Gasteiger partial charge in [-0.05, 0) is 13.0 Å². The van der Waals surface area contributed by atoms with Gasteiger partial charge >= 0.3 is 0 Å². The van der Waals surface area contributed by atoms with E-state index in [1.54, 1.807) is 29.9 Å². The molecule has 0 atom stereocenters. The lowest BCUT2D eigenvalue weighted by atomic mass is 10.1. The molecule has 4 rings (SSSR count). The van der Waals surface area contributed by atoms with E-state index in [4.69, 9.17) is 4.98 Å². The molecule has 5 heteroatoms. The van der Waals surface area contributed by atoms with Crippen LogP contribution in [0.5, 0.6) is 0 Å². The molecule has 0 saturated heterocycles. The molecular weight excluding hydrogens is 280 g/mol. The van der Waals surface area contributed by atoms with Crippen LogP contribution in [-0.4, -0.2) is 19.9 Å².